The predicted octanol–water partition coefficient (Wildman–Crippen LogP) is 0.709. The van der Waals surface area contributed by atoms with Crippen molar-refractivity contribution in [2.75, 3.05) is 31.4 Å². The number of amides is 2. The fourth-order valence-electron chi connectivity index (χ4n) is 2.74. The molecule has 1 aliphatic heterocycles. The van der Waals surface area contributed by atoms with E-state index in [1.165, 1.54) is 17.3 Å². The summed E-state index contributed by atoms with van der Waals surface area (Å²) in [5.74, 6) is 4.64. The van der Waals surface area contributed by atoms with Gasteiger partial charge in [-0.3, -0.25) is 14.9 Å². The Kier molecular flexibility index (Phi) is 6.66. The lowest BCUT2D eigenvalue weighted by Gasteiger charge is -2.26. The lowest BCUT2D eigenvalue weighted by atomic mass is 10.0. The second-order valence-electron chi connectivity index (χ2n) is 6.55. The monoisotopic (exact) mass is 410 g/mol. The van der Waals surface area contributed by atoms with E-state index in [0.29, 0.717) is 12.3 Å². The van der Waals surface area contributed by atoms with Crippen LogP contribution in [-0.2, 0) is 24.1 Å². The van der Waals surface area contributed by atoms with Crippen molar-refractivity contribution in [3.63, 3.8) is 0 Å². The number of ether oxygens (including phenoxy) is 2. The topological polar surface area (TPSA) is 122 Å². The highest BCUT2D eigenvalue weighted by Gasteiger charge is 2.48. The van der Waals surface area contributed by atoms with Gasteiger partial charge < -0.3 is 9.47 Å². The number of hydroxylamine groups is 1. The maximum atomic E-state index is 12.2. The van der Waals surface area contributed by atoms with Crippen LogP contribution < -0.4 is 10.4 Å². The van der Waals surface area contributed by atoms with Crippen molar-refractivity contribution in [2.45, 2.75) is 24.2 Å². The molecule has 28 heavy (non-hydrogen) atoms. The van der Waals surface area contributed by atoms with E-state index in [1.807, 2.05) is 0 Å². The van der Waals surface area contributed by atoms with Gasteiger partial charge in [-0.2, -0.15) is 0 Å². The minimum absolute atomic E-state index is 0.0668. The lowest BCUT2D eigenvalue weighted by Crippen LogP contribution is -2.51. The Hall–Kier alpha value is -2.61. The molecule has 0 aliphatic carbocycles. The van der Waals surface area contributed by atoms with Crippen LogP contribution in [0.2, 0.25) is 0 Å². The first-order valence-corrected chi connectivity index (χ1v) is 10.2. The molecule has 1 aromatic rings. The molecule has 2 atom stereocenters. The van der Waals surface area contributed by atoms with Gasteiger partial charge in [0.25, 0.3) is 5.91 Å². The predicted molar refractivity (Wildman–Crippen MR) is 101 cm³/mol. The number of cyclic esters (lactones) is 1. The van der Waals surface area contributed by atoms with Crippen LogP contribution in [0, 0.1) is 11.8 Å². The Labute approximate surface area is 163 Å². The van der Waals surface area contributed by atoms with Crippen molar-refractivity contribution in [1.82, 2.24) is 5.48 Å². The summed E-state index contributed by atoms with van der Waals surface area (Å²) in [6.07, 6.45) is -0.893. The molecule has 1 aromatic carbocycles. The zero-order valence-electron chi connectivity index (χ0n) is 15.8. The van der Waals surface area contributed by atoms with E-state index in [9.17, 15) is 18.0 Å². The molecular weight excluding hydrogens is 388 g/mol. The summed E-state index contributed by atoms with van der Waals surface area (Å²) in [5.41, 5.74) is 2.67. The first-order valence-electron chi connectivity index (χ1n) is 8.32. The molecule has 0 radical (unpaired) electrons. The molecule has 0 saturated carbocycles. The minimum atomic E-state index is -3.89. The van der Waals surface area contributed by atoms with Crippen molar-refractivity contribution in [3.8, 4) is 11.8 Å². The molecule has 2 rings (SSSR count). The summed E-state index contributed by atoms with van der Waals surface area (Å²) in [6.45, 7) is 1.55. The molecule has 1 heterocycles. The molecule has 152 valence electrons. The highest BCUT2D eigenvalue weighted by atomic mass is 32.2. The Morgan fingerprint density at radius 3 is 2.61 bits per heavy atom. The van der Waals surface area contributed by atoms with Gasteiger partial charge in [-0.15, -0.1) is 0 Å². The Morgan fingerprint density at radius 2 is 2.07 bits per heavy atom. The highest BCUT2D eigenvalue weighted by molar-refractivity contribution is 7.92. The molecule has 0 aromatic heterocycles. The maximum absolute atomic E-state index is 12.2. The molecule has 1 aliphatic rings. The van der Waals surface area contributed by atoms with Crippen LogP contribution in [0.25, 0.3) is 0 Å². The van der Waals surface area contributed by atoms with Crippen molar-refractivity contribution in [3.05, 3.63) is 29.8 Å². The van der Waals surface area contributed by atoms with Gasteiger partial charge in [-0.25, -0.2) is 18.7 Å². The van der Waals surface area contributed by atoms with E-state index in [1.54, 1.807) is 31.4 Å². The van der Waals surface area contributed by atoms with Gasteiger partial charge in [0, 0.05) is 31.0 Å². The Morgan fingerprint density at radius 1 is 1.43 bits per heavy atom. The number of sulfone groups is 1. The Bertz CT molecular complexity index is 902. The molecule has 0 bridgehead atoms. The number of methoxy groups -OCH3 is 1. The first kappa shape index (κ1) is 21.7. The van der Waals surface area contributed by atoms with Gasteiger partial charge in [0.1, 0.15) is 12.7 Å². The molecule has 0 spiro atoms. The number of carbonyl (C=O) groups is 2. The van der Waals surface area contributed by atoms with Crippen molar-refractivity contribution >= 4 is 27.5 Å². The van der Waals surface area contributed by atoms with Gasteiger partial charge in [0.2, 0.25) is 0 Å². The average molecular weight is 410 g/mol. The minimum Gasteiger partial charge on any atom is -0.444 e. The van der Waals surface area contributed by atoms with Crippen LogP contribution in [0.3, 0.4) is 0 Å². The quantitative estimate of drug-likeness (QED) is 0.402. The molecule has 1 fully saturated rings. The van der Waals surface area contributed by atoms with E-state index in [4.69, 9.17) is 14.7 Å². The third-order valence-electron chi connectivity index (χ3n) is 4.52. The largest absolute Gasteiger partial charge is 0.444 e. The molecule has 1 saturated heterocycles. The lowest BCUT2D eigenvalue weighted by molar-refractivity contribution is -0.132. The number of nitrogens with one attached hydrogen (secondary N) is 1. The average Bonchev–Trinajstić information content (AvgIpc) is 3.00. The molecule has 2 amide bonds. The third kappa shape index (κ3) is 4.62. The zero-order valence-corrected chi connectivity index (χ0v) is 16.6. The van der Waals surface area contributed by atoms with Crippen LogP contribution in [0.15, 0.2) is 24.3 Å². The number of anilines is 1. The number of hydrogen-bond donors (Lipinski definition) is 2. The number of nitrogens with zero attached hydrogens (tertiary/aromatic N) is 1. The van der Waals surface area contributed by atoms with E-state index in [2.05, 4.69) is 11.8 Å². The standard InChI is InChI=1S/C18H22N2O7S/c1-18(16(21)19-23,28(3,24)25)11-15-12-20(17(22)27-15)14-8-6-13(7-9-14)5-4-10-26-2/h6-9,15,23H,10-12H2,1-3H3,(H,19,21). The van der Waals surface area contributed by atoms with Gasteiger partial charge in [-0.1, -0.05) is 11.8 Å². The maximum Gasteiger partial charge on any atom is 0.414 e. The number of hydrogen-bond acceptors (Lipinski definition) is 7. The van der Waals surface area contributed by atoms with Crippen LogP contribution in [0.1, 0.15) is 18.9 Å². The van der Waals surface area contributed by atoms with Crippen molar-refractivity contribution in [2.24, 2.45) is 0 Å². The first-order chi connectivity index (χ1) is 13.1. The van der Waals surface area contributed by atoms with Gasteiger partial charge in [-0.05, 0) is 31.2 Å². The zero-order chi connectivity index (χ0) is 20.9. The van der Waals surface area contributed by atoms with Crippen molar-refractivity contribution < 1.29 is 32.7 Å². The van der Waals surface area contributed by atoms with Crippen molar-refractivity contribution in [1.29, 1.82) is 0 Å². The fourth-order valence-corrected chi connectivity index (χ4v) is 3.61. The van der Waals surface area contributed by atoms with Crippen LogP contribution in [0.4, 0.5) is 10.5 Å². The smallest absolute Gasteiger partial charge is 0.414 e. The summed E-state index contributed by atoms with van der Waals surface area (Å²) in [4.78, 5) is 25.5. The normalized spacial score (nSPS) is 18.6. The van der Waals surface area contributed by atoms with E-state index < -0.39 is 32.7 Å². The fraction of sp³-hybridized carbons (Fsp3) is 0.444. The van der Waals surface area contributed by atoms with Gasteiger partial charge >= 0.3 is 6.09 Å². The second-order valence-corrected chi connectivity index (χ2v) is 8.99. The van der Waals surface area contributed by atoms with Crippen LogP contribution in [-0.4, -0.2) is 63.0 Å². The third-order valence-corrected chi connectivity index (χ3v) is 6.51. The van der Waals surface area contributed by atoms with Crippen LogP contribution >= 0.6 is 0 Å². The summed E-state index contributed by atoms with van der Waals surface area (Å²) in [7, 11) is -2.34. The Balaban J connectivity index is 2.15. The van der Waals surface area contributed by atoms with Gasteiger partial charge in [0.15, 0.2) is 14.6 Å². The summed E-state index contributed by atoms with van der Waals surface area (Å²) in [6, 6.07) is 6.85. The summed E-state index contributed by atoms with van der Waals surface area (Å²) < 4.78 is 32.3. The molecular formula is C18H22N2O7S. The summed E-state index contributed by atoms with van der Waals surface area (Å²) in [5, 5.41) is 8.89. The SMILES string of the molecule is COCC#Cc1ccc(N2CC(CC(C)(C(=O)NO)S(C)(=O)=O)OC2=O)cc1. The number of carbonyl (C=O) groups excluding carboxylic acids is 2. The molecule has 10 heteroatoms. The van der Waals surface area contributed by atoms with Crippen LogP contribution in [0.5, 0.6) is 0 Å². The van der Waals surface area contributed by atoms with E-state index in [0.717, 1.165) is 11.8 Å². The molecule has 2 unspecified atom stereocenters. The van der Waals surface area contributed by atoms with E-state index in [-0.39, 0.29) is 13.0 Å². The molecule has 9 nitrogen and oxygen atoms in total. The second kappa shape index (κ2) is 8.60. The van der Waals surface area contributed by atoms with E-state index >= 15 is 0 Å². The van der Waals surface area contributed by atoms with Gasteiger partial charge in [0.05, 0.1) is 6.54 Å². The summed E-state index contributed by atoms with van der Waals surface area (Å²) >= 11 is 0. The number of benzene rings is 1. The number of rotatable bonds is 6. The highest BCUT2D eigenvalue weighted by Crippen LogP contribution is 2.30. The molecule has 2 N–H and O–H groups in total.